The summed E-state index contributed by atoms with van der Waals surface area (Å²) in [5, 5.41) is 22.4. The fourth-order valence-corrected chi connectivity index (χ4v) is 9.65. The van der Waals surface area contributed by atoms with Crippen LogP contribution < -0.4 is 20.9 Å². The van der Waals surface area contributed by atoms with Crippen molar-refractivity contribution in [1.29, 1.82) is 10.5 Å². The van der Waals surface area contributed by atoms with Crippen molar-refractivity contribution in [2.24, 2.45) is 16.6 Å². The number of ketones is 2. The average molecular weight is 799 g/mol. The highest BCUT2D eigenvalue weighted by Gasteiger charge is 2.47. The molecule has 0 atom stereocenters. The third kappa shape index (κ3) is 7.75. The summed E-state index contributed by atoms with van der Waals surface area (Å²) in [5.74, 6) is 1.50. The summed E-state index contributed by atoms with van der Waals surface area (Å²) in [4.78, 5) is 55.2. The zero-order chi connectivity index (χ0) is 41.3. The van der Waals surface area contributed by atoms with E-state index in [1.54, 1.807) is 6.20 Å². The van der Waals surface area contributed by atoms with Gasteiger partial charge in [-0.15, -0.1) is 0 Å². The van der Waals surface area contributed by atoms with Gasteiger partial charge in [0.1, 0.15) is 40.5 Å². The molecule has 10 rings (SSSR count). The maximum absolute atomic E-state index is 12.7. The highest BCUT2D eigenvalue weighted by atomic mass is 16.6. The number of hydrogen-bond donors (Lipinski definition) is 2. The van der Waals surface area contributed by atoms with Crippen LogP contribution in [0.1, 0.15) is 94.4 Å². The van der Waals surface area contributed by atoms with Gasteiger partial charge in [0.2, 0.25) is 0 Å². The van der Waals surface area contributed by atoms with Gasteiger partial charge in [-0.2, -0.15) is 10.5 Å². The van der Waals surface area contributed by atoms with Crippen molar-refractivity contribution in [2.75, 3.05) is 62.2 Å². The Kier molecular flexibility index (Phi) is 9.70. The van der Waals surface area contributed by atoms with Crippen LogP contribution in [-0.2, 0) is 27.2 Å². The monoisotopic (exact) mass is 798 g/mol. The van der Waals surface area contributed by atoms with Crippen LogP contribution in [0.3, 0.4) is 0 Å². The third-order valence-electron chi connectivity index (χ3n) is 13.8. The van der Waals surface area contributed by atoms with E-state index in [1.807, 2.05) is 33.0 Å². The van der Waals surface area contributed by atoms with Gasteiger partial charge < -0.3 is 35.4 Å². The van der Waals surface area contributed by atoms with Crippen LogP contribution >= 0.6 is 0 Å². The van der Waals surface area contributed by atoms with Crippen LogP contribution in [0.2, 0.25) is 0 Å². The molecule has 4 aliphatic carbocycles. The molecule has 8 aliphatic rings. The van der Waals surface area contributed by atoms with Gasteiger partial charge in [-0.1, -0.05) is 0 Å². The lowest BCUT2D eigenvalue weighted by molar-refractivity contribution is -0.115. The molecule has 1 amide bonds. The van der Waals surface area contributed by atoms with Gasteiger partial charge in [0.25, 0.3) is 0 Å². The Morgan fingerprint density at radius 2 is 1.15 bits per heavy atom. The number of aromatic nitrogens is 2. The first-order chi connectivity index (χ1) is 28.2. The molecule has 2 spiro atoms. The fourth-order valence-electron chi connectivity index (χ4n) is 9.65. The predicted molar refractivity (Wildman–Crippen MR) is 221 cm³/mol. The molecule has 4 saturated heterocycles. The molecule has 2 aromatic rings. The second-order valence-corrected chi connectivity index (χ2v) is 19.2. The van der Waals surface area contributed by atoms with Crippen molar-refractivity contribution >= 4 is 40.7 Å². The lowest BCUT2D eigenvalue weighted by Gasteiger charge is -2.41. The minimum atomic E-state index is -0.528. The minimum Gasteiger partial charge on any atom is -0.444 e. The van der Waals surface area contributed by atoms with Crippen molar-refractivity contribution in [1.82, 2.24) is 25.1 Å². The normalized spacial score (nSPS) is 23.0. The molecule has 6 heterocycles. The van der Waals surface area contributed by atoms with Crippen molar-refractivity contribution in [3.63, 3.8) is 0 Å². The van der Waals surface area contributed by atoms with Crippen LogP contribution in [0.15, 0.2) is 35.7 Å². The number of piperidine rings is 2. The van der Waals surface area contributed by atoms with Gasteiger partial charge in [-0.3, -0.25) is 9.59 Å². The summed E-state index contributed by atoms with van der Waals surface area (Å²) in [7, 11) is 0. The molecule has 0 bridgehead atoms. The number of carbonyl (C=O) groups is 3. The highest BCUT2D eigenvalue weighted by Crippen LogP contribution is 2.55. The molecule has 2 aromatic heterocycles. The van der Waals surface area contributed by atoms with Crippen LogP contribution in [0.25, 0.3) is 11.4 Å². The number of pyridine rings is 2. The number of hydrogen-bond acceptors (Lipinski definition) is 13. The zero-order valence-electron chi connectivity index (χ0n) is 34.5. The second kappa shape index (κ2) is 14.7. The van der Waals surface area contributed by atoms with Gasteiger partial charge >= 0.3 is 6.09 Å². The number of amides is 1. The number of nitrogens with one attached hydrogen (secondary N) is 1. The summed E-state index contributed by atoms with van der Waals surface area (Å²) in [5.41, 5.74) is 12.5. The molecular formula is C45H54N10O4. The lowest BCUT2D eigenvalue weighted by atomic mass is 9.86. The molecule has 2 saturated carbocycles. The van der Waals surface area contributed by atoms with E-state index in [1.165, 1.54) is 25.7 Å². The van der Waals surface area contributed by atoms with Gasteiger partial charge in [-0.25, -0.2) is 14.8 Å². The van der Waals surface area contributed by atoms with Gasteiger partial charge in [-0.05, 0) is 106 Å². The van der Waals surface area contributed by atoms with Gasteiger partial charge in [0.05, 0.1) is 17.4 Å². The SMILES string of the molecule is CC(C)(C)OC(=O)NC1CN(c2cc3c(cn2)CC(=O)C(C#N)=C3N2CCC3(CC2)CC3)C1.N#CC1=C(N2CCC3(CC2)CC3)c2cc(N3CC(N)C3)ncc2CC1=O. The molecular weight excluding hydrogens is 745 g/mol. The number of ether oxygens (including phenoxy) is 1. The topological polar surface area (TPSA) is 185 Å². The first kappa shape index (κ1) is 39.0. The first-order valence-electron chi connectivity index (χ1n) is 21.3. The molecule has 4 aliphatic heterocycles. The minimum absolute atomic E-state index is 0.000711. The van der Waals surface area contributed by atoms with E-state index in [2.05, 4.69) is 53.1 Å². The standard InChI is InChI=1S/C25H31N5O3.C20H23N5O/c1-24(2,3)33-23(32)28-17-14-30(15-17)21-11-18-16(13-27-21)10-20(31)19(12-26)22(18)29-8-6-25(4-5-25)7-9-29;21-9-16-17(26)7-13-10-23-18(25-11-14(22)12-25)8-15(13)19(16)24-5-3-20(1-2-20)4-6-24/h11,13,17H,4-10,14-15H2,1-3H3,(H,28,32);8,10,14H,1-7,11-12,22H2. The number of alkyl carbamates (subject to hydrolysis) is 1. The molecule has 308 valence electrons. The van der Waals surface area contributed by atoms with Crippen LogP contribution in [0, 0.1) is 33.5 Å². The van der Waals surface area contributed by atoms with E-state index in [4.69, 9.17) is 10.5 Å². The Bertz CT molecular complexity index is 2220. The Morgan fingerprint density at radius 1 is 0.729 bits per heavy atom. The number of nitriles is 2. The zero-order valence-corrected chi connectivity index (χ0v) is 34.5. The largest absolute Gasteiger partial charge is 0.444 e. The third-order valence-corrected chi connectivity index (χ3v) is 13.8. The van der Waals surface area contributed by atoms with Crippen molar-refractivity contribution < 1.29 is 19.1 Å². The number of fused-ring (bicyclic) bond motifs is 2. The Morgan fingerprint density at radius 3 is 1.53 bits per heavy atom. The Hall–Kier alpha value is -5.47. The van der Waals surface area contributed by atoms with Crippen LogP contribution in [0.4, 0.5) is 16.4 Å². The maximum Gasteiger partial charge on any atom is 0.407 e. The second-order valence-electron chi connectivity index (χ2n) is 19.2. The molecule has 0 aromatic carbocycles. The fraction of sp³-hybridized carbons (Fsp3) is 0.578. The summed E-state index contributed by atoms with van der Waals surface area (Å²) in [6, 6.07) is 8.67. The van der Waals surface area contributed by atoms with Crippen molar-refractivity contribution in [3.05, 3.63) is 57.9 Å². The smallest absolute Gasteiger partial charge is 0.407 e. The molecule has 6 fully saturated rings. The number of anilines is 2. The summed E-state index contributed by atoms with van der Waals surface area (Å²) < 4.78 is 5.34. The van der Waals surface area contributed by atoms with E-state index in [9.17, 15) is 24.9 Å². The summed E-state index contributed by atoms with van der Waals surface area (Å²) in [6.07, 6.45) is 13.5. The predicted octanol–water partition coefficient (Wildman–Crippen LogP) is 4.50. The Labute approximate surface area is 346 Å². The Balaban J connectivity index is 0.000000156. The summed E-state index contributed by atoms with van der Waals surface area (Å²) in [6.45, 7) is 12.0. The number of rotatable bonds is 5. The number of nitrogens with two attached hydrogens (primary N) is 1. The molecule has 59 heavy (non-hydrogen) atoms. The molecule has 3 N–H and O–H groups in total. The maximum atomic E-state index is 12.7. The van der Waals surface area contributed by atoms with Crippen LogP contribution in [0.5, 0.6) is 0 Å². The van der Waals surface area contributed by atoms with E-state index >= 15 is 0 Å². The number of likely N-dealkylation sites (tertiary alicyclic amines) is 2. The number of nitrogens with zero attached hydrogens (tertiary/aromatic N) is 8. The number of Topliss-reactive ketones (excluding diaryl/α,β-unsaturated/α-hetero) is 2. The molecule has 14 heteroatoms. The molecule has 0 radical (unpaired) electrons. The molecule has 14 nitrogen and oxygen atoms in total. The molecule has 0 unspecified atom stereocenters. The lowest BCUT2D eigenvalue weighted by Crippen LogP contribution is -2.60. The quantitative estimate of drug-likeness (QED) is 0.432. The van der Waals surface area contributed by atoms with E-state index in [0.717, 1.165) is 110 Å². The summed E-state index contributed by atoms with van der Waals surface area (Å²) >= 11 is 0. The van der Waals surface area contributed by atoms with Crippen molar-refractivity contribution in [2.45, 2.75) is 103 Å². The van der Waals surface area contributed by atoms with E-state index < -0.39 is 11.7 Å². The van der Waals surface area contributed by atoms with E-state index in [0.29, 0.717) is 29.5 Å². The average Bonchev–Trinajstić information content (AvgIpc) is 4.12. The highest BCUT2D eigenvalue weighted by molar-refractivity contribution is 6.10. The van der Waals surface area contributed by atoms with Crippen molar-refractivity contribution in [3.8, 4) is 12.1 Å². The first-order valence-corrected chi connectivity index (χ1v) is 21.3. The van der Waals surface area contributed by atoms with Gasteiger partial charge in [0.15, 0.2) is 11.6 Å². The number of carbonyl (C=O) groups excluding carboxylic acids is 3. The van der Waals surface area contributed by atoms with Crippen LogP contribution in [-0.4, -0.2) is 107 Å². The van der Waals surface area contributed by atoms with E-state index in [-0.39, 0.29) is 42.1 Å². The van der Waals surface area contributed by atoms with Gasteiger partial charge in [0, 0.05) is 94.8 Å². The number of allylic oxidation sites excluding steroid dienone is 2.